The van der Waals surface area contributed by atoms with E-state index in [-0.39, 0.29) is 6.10 Å². The number of methoxy groups -OCH3 is 1. The lowest BCUT2D eigenvalue weighted by atomic mass is 10.1. The molecule has 6 N–H and O–H groups in total. The zero-order valence-corrected chi connectivity index (χ0v) is 32.8. The van der Waals surface area contributed by atoms with Crippen LogP contribution in [-0.2, 0) is 38.6 Å². The molecule has 0 fully saturated rings. The molecule has 296 valence electrons. The molecule has 54 heavy (non-hydrogen) atoms. The van der Waals surface area contributed by atoms with Crippen LogP contribution in [-0.4, -0.2) is 98.2 Å². The lowest BCUT2D eigenvalue weighted by molar-refractivity contribution is -0.165. The Labute approximate surface area is 333 Å². The minimum Gasteiger partial charge on any atom is -0.491 e. The van der Waals surface area contributed by atoms with Crippen LogP contribution < -0.4 is 10.1 Å². The van der Waals surface area contributed by atoms with Crippen molar-refractivity contribution in [3.8, 4) is 5.75 Å². The van der Waals surface area contributed by atoms with E-state index in [0.717, 1.165) is 29.9 Å². The van der Waals surface area contributed by atoms with Crippen molar-refractivity contribution in [2.45, 2.75) is 63.9 Å². The Balaban J connectivity index is 0.000000308. The lowest BCUT2D eigenvalue weighted by Gasteiger charge is -2.21. The van der Waals surface area contributed by atoms with Gasteiger partial charge in [-0.3, -0.25) is 0 Å². The number of carboxylic acid groups (broad SMARTS) is 2. The number of hydrogen-bond acceptors (Lipinski definition) is 10. The van der Waals surface area contributed by atoms with E-state index >= 15 is 0 Å². The van der Waals surface area contributed by atoms with Crippen LogP contribution in [0.5, 0.6) is 5.75 Å². The molecule has 0 aliphatic rings. The number of nitrogens with zero attached hydrogens (tertiary/aromatic N) is 2. The molecule has 4 aromatic rings. The van der Waals surface area contributed by atoms with Crippen LogP contribution in [0.2, 0.25) is 20.1 Å². The van der Waals surface area contributed by atoms with Crippen molar-refractivity contribution >= 4 is 58.3 Å². The summed E-state index contributed by atoms with van der Waals surface area (Å²) in [6.45, 7) is 6.56. The van der Waals surface area contributed by atoms with Crippen LogP contribution in [0.25, 0.3) is 0 Å². The average Bonchev–Trinajstić information content (AvgIpc) is 3.65. The van der Waals surface area contributed by atoms with Crippen LogP contribution in [0.4, 0.5) is 0 Å². The zero-order chi connectivity index (χ0) is 40.2. The van der Waals surface area contributed by atoms with Gasteiger partial charge < -0.3 is 49.6 Å². The number of aliphatic hydroxyl groups excluding tert-OH is 3. The van der Waals surface area contributed by atoms with Gasteiger partial charge in [-0.05, 0) is 53.9 Å². The molecule has 4 rings (SSSR count). The first-order valence-corrected chi connectivity index (χ1v) is 18.0. The summed E-state index contributed by atoms with van der Waals surface area (Å²) in [6.07, 6.45) is 0.912. The molecule has 4 unspecified atom stereocenters. The van der Waals surface area contributed by atoms with Gasteiger partial charge in [-0.2, -0.15) is 0 Å². The molecule has 0 radical (unpaired) electrons. The monoisotopic (exact) mass is 831 g/mol. The van der Waals surface area contributed by atoms with E-state index in [9.17, 15) is 14.7 Å². The minimum absolute atomic E-state index is 0.286. The summed E-state index contributed by atoms with van der Waals surface area (Å²) in [5.41, 5.74) is 2.92. The molecule has 1 heterocycles. The number of aliphatic hydroxyl groups is 3. The number of nitrogens with one attached hydrogen (secondary N) is 1. The summed E-state index contributed by atoms with van der Waals surface area (Å²) in [4.78, 5) is 23.6. The fourth-order valence-corrected chi connectivity index (χ4v) is 5.28. The van der Waals surface area contributed by atoms with Gasteiger partial charge in [0.1, 0.15) is 24.6 Å². The van der Waals surface area contributed by atoms with E-state index in [1.807, 2.05) is 61.0 Å². The highest BCUT2D eigenvalue weighted by atomic mass is 35.5. The summed E-state index contributed by atoms with van der Waals surface area (Å²) < 4.78 is 18.6. The average molecular weight is 834 g/mol. The van der Waals surface area contributed by atoms with Crippen molar-refractivity contribution in [3.05, 3.63) is 116 Å². The highest BCUT2D eigenvalue weighted by molar-refractivity contribution is 6.35. The highest BCUT2D eigenvalue weighted by Crippen LogP contribution is 2.31. The number of aromatic nitrogens is 2. The Bertz CT molecular complexity index is 1680. The van der Waals surface area contributed by atoms with E-state index < -0.39 is 30.3 Å². The second kappa shape index (κ2) is 24.8. The maximum absolute atomic E-state index is 9.77. The maximum Gasteiger partial charge on any atom is 0.335 e. The van der Waals surface area contributed by atoms with Crippen molar-refractivity contribution in [1.29, 1.82) is 0 Å². The molecule has 0 bridgehead atoms. The number of rotatable bonds is 18. The molecule has 3 aromatic carbocycles. The van der Waals surface area contributed by atoms with Gasteiger partial charge in [0.05, 0.1) is 26.1 Å². The largest absolute Gasteiger partial charge is 0.491 e. The minimum atomic E-state index is -2.27. The predicted molar refractivity (Wildman–Crippen MR) is 207 cm³/mol. The number of imidazole rings is 1. The van der Waals surface area contributed by atoms with Crippen LogP contribution >= 0.6 is 46.4 Å². The zero-order valence-electron chi connectivity index (χ0n) is 29.8. The summed E-state index contributed by atoms with van der Waals surface area (Å²) in [5.74, 6) is -2.76. The van der Waals surface area contributed by atoms with Gasteiger partial charge in [0.25, 0.3) is 0 Å². The smallest absolute Gasteiger partial charge is 0.335 e. The summed E-state index contributed by atoms with van der Waals surface area (Å²) in [7, 11) is 1.70. The van der Waals surface area contributed by atoms with E-state index in [1.54, 1.807) is 43.9 Å². The van der Waals surface area contributed by atoms with Crippen molar-refractivity contribution in [2.24, 2.45) is 0 Å². The molecule has 17 heteroatoms. The normalized spacial score (nSPS) is 13.1. The van der Waals surface area contributed by atoms with Gasteiger partial charge in [-0.15, -0.1) is 0 Å². The predicted octanol–water partition coefficient (Wildman–Crippen LogP) is 5.95. The van der Waals surface area contributed by atoms with Gasteiger partial charge in [0.2, 0.25) is 0 Å². The maximum atomic E-state index is 9.77. The molecule has 0 saturated carbocycles. The van der Waals surface area contributed by atoms with Crippen LogP contribution in [0.3, 0.4) is 0 Å². The second-order valence-electron chi connectivity index (χ2n) is 11.9. The summed E-state index contributed by atoms with van der Waals surface area (Å²) in [6, 6.07) is 19.0. The van der Waals surface area contributed by atoms with Gasteiger partial charge in [0, 0.05) is 57.7 Å². The van der Waals surface area contributed by atoms with Crippen molar-refractivity contribution in [2.75, 3.05) is 26.9 Å². The Morgan fingerprint density at radius 2 is 1.48 bits per heavy atom. The molecule has 1 aromatic heterocycles. The molecule has 0 spiro atoms. The number of halogens is 4. The number of carbonyl (C=O) groups is 2. The van der Waals surface area contributed by atoms with Crippen LogP contribution in [0, 0.1) is 0 Å². The van der Waals surface area contributed by atoms with Crippen molar-refractivity contribution < 1.29 is 49.3 Å². The van der Waals surface area contributed by atoms with Crippen molar-refractivity contribution in [1.82, 2.24) is 14.9 Å². The van der Waals surface area contributed by atoms with Crippen LogP contribution in [0.1, 0.15) is 36.6 Å². The second-order valence-corrected chi connectivity index (χ2v) is 13.6. The number of aliphatic carboxylic acids is 2. The number of hydrogen-bond donors (Lipinski definition) is 6. The number of carboxylic acids is 2. The molecule has 0 aliphatic heterocycles. The Kier molecular flexibility index (Phi) is 21.5. The third-order valence-electron chi connectivity index (χ3n) is 7.23. The molecule has 0 amide bonds. The Morgan fingerprint density at radius 3 is 2.00 bits per heavy atom. The molecule has 13 nitrogen and oxygen atoms in total. The first-order valence-electron chi connectivity index (χ1n) is 16.5. The molecular formula is C37H45Cl4N3O10. The SMILES string of the molecule is COCCc1ccc(OCC(O)CNC(C)C)cc1.Clc1ccc(COC(Cn2ccnc2)c2ccc(Cl)cc2Cl)c(Cl)c1.O=C(O)C(O)C(O)C(=O)O. The first-order chi connectivity index (χ1) is 25.6. The van der Waals surface area contributed by atoms with Crippen LogP contribution in [0.15, 0.2) is 79.4 Å². The third-order valence-corrected chi connectivity index (χ3v) is 8.38. The fourth-order valence-electron chi connectivity index (χ4n) is 4.28. The van der Waals surface area contributed by atoms with Gasteiger partial charge in [-0.1, -0.05) is 84.5 Å². The Morgan fingerprint density at radius 1 is 0.870 bits per heavy atom. The highest BCUT2D eigenvalue weighted by Gasteiger charge is 2.29. The fraction of sp³-hybridized carbons (Fsp3) is 0.378. The summed E-state index contributed by atoms with van der Waals surface area (Å²) in [5, 5.41) is 47.7. The quantitative estimate of drug-likeness (QED) is 0.0692. The van der Waals surface area contributed by atoms with E-state index in [4.69, 9.17) is 81.0 Å². The number of ether oxygens (including phenoxy) is 3. The topological polar surface area (TPSA) is 193 Å². The molecule has 0 aliphatic carbocycles. The number of benzene rings is 3. The van der Waals surface area contributed by atoms with Gasteiger partial charge in [-0.25, -0.2) is 14.6 Å². The van der Waals surface area contributed by atoms with E-state index in [2.05, 4.69) is 10.3 Å². The summed E-state index contributed by atoms with van der Waals surface area (Å²) >= 11 is 24.5. The third kappa shape index (κ3) is 17.8. The van der Waals surface area contributed by atoms with Gasteiger partial charge in [0.15, 0.2) is 12.2 Å². The van der Waals surface area contributed by atoms with E-state index in [1.165, 1.54) is 5.56 Å². The molecule has 4 atom stereocenters. The lowest BCUT2D eigenvalue weighted by Crippen LogP contribution is -2.39. The standard InChI is InChI=1S/C18H14Cl4N2O.C15H25NO3.C4H6O6/c19-13-2-1-12(16(21)7-13)10-25-18(9-24-6-5-23-11-24)15-4-3-14(20)8-17(15)22;1-12(2)16-10-14(17)11-19-15-6-4-13(5-7-15)8-9-18-3;5-1(3(7)8)2(6)4(9)10/h1-8,11,18H,9-10H2;4-7,12,14,16-17H,8-11H2,1-3H3;1-2,5-6H,(H,7,8)(H,9,10). The Hall–Kier alpha value is -3.47. The first kappa shape index (κ1) is 46.7. The van der Waals surface area contributed by atoms with E-state index in [0.29, 0.717) is 52.4 Å². The molecule has 0 saturated heterocycles. The van der Waals surface area contributed by atoms with Crippen molar-refractivity contribution in [3.63, 3.8) is 0 Å². The van der Waals surface area contributed by atoms with Gasteiger partial charge >= 0.3 is 11.9 Å². The molecular weight excluding hydrogens is 788 g/mol.